The normalized spacial score (nSPS) is 20.9. The zero-order valence-corrected chi connectivity index (χ0v) is 45.0. The van der Waals surface area contributed by atoms with Gasteiger partial charge in [-0.3, -0.25) is 15.0 Å². The number of non-ortho nitro benzene ring substituents is 1. The van der Waals surface area contributed by atoms with Crippen LogP contribution in [0.3, 0.4) is 0 Å². The second-order valence-electron chi connectivity index (χ2n) is 20.9. The van der Waals surface area contributed by atoms with Crippen LogP contribution >= 0.6 is 0 Å². The number of oxime groups is 1. The molecule has 14 heteroatoms. The number of ether oxygens (including phenoxy) is 4. The molecule has 13 nitrogen and oxygen atoms in total. The summed E-state index contributed by atoms with van der Waals surface area (Å²) in [4.78, 5) is 34.1. The summed E-state index contributed by atoms with van der Waals surface area (Å²) < 4.78 is 42.1. The Labute approximate surface area is 449 Å². The van der Waals surface area contributed by atoms with E-state index in [9.17, 15) is 24.7 Å². The van der Waals surface area contributed by atoms with Gasteiger partial charge in [0.2, 0.25) is 5.79 Å². The number of nitro benzene ring substituents is 1. The quantitative estimate of drug-likeness (QED) is 0.0215. The van der Waals surface area contributed by atoms with Gasteiger partial charge >= 0.3 is 6.09 Å². The molecule has 0 radical (unpaired) electrons. The number of aliphatic hydroxyl groups excluding tert-OH is 2. The highest BCUT2D eigenvalue weighted by atomic mass is 19.1. The van der Waals surface area contributed by atoms with Crippen LogP contribution in [0.2, 0.25) is 0 Å². The highest BCUT2D eigenvalue weighted by Gasteiger charge is 2.65. The van der Waals surface area contributed by atoms with Gasteiger partial charge in [-0.05, 0) is 140 Å². The van der Waals surface area contributed by atoms with Crippen LogP contribution < -0.4 is 9.47 Å². The summed E-state index contributed by atoms with van der Waals surface area (Å²) in [5.41, 5.74) is 5.86. The van der Waals surface area contributed by atoms with Crippen molar-refractivity contribution < 1.29 is 48.1 Å². The zero-order chi connectivity index (χ0) is 53.9. The lowest BCUT2D eigenvalue weighted by Gasteiger charge is -2.59. The Bertz CT molecular complexity index is 2570. The van der Waals surface area contributed by atoms with Crippen LogP contribution in [0.25, 0.3) is 0 Å². The molecule has 2 N–H and O–H groups in total. The predicted molar refractivity (Wildman–Crippen MR) is 294 cm³/mol. The molecule has 1 fully saturated rings. The van der Waals surface area contributed by atoms with E-state index in [-0.39, 0.29) is 69.4 Å². The molecule has 2 aliphatic carbocycles. The van der Waals surface area contributed by atoms with E-state index < -0.39 is 34.6 Å². The van der Waals surface area contributed by atoms with Gasteiger partial charge in [-0.25, -0.2) is 9.18 Å². The van der Waals surface area contributed by atoms with Gasteiger partial charge in [-0.2, -0.15) is 0 Å². The number of halogens is 1. The van der Waals surface area contributed by atoms with E-state index in [2.05, 4.69) is 39.5 Å². The van der Waals surface area contributed by atoms with Crippen LogP contribution in [-0.2, 0) is 27.5 Å². The molecule has 76 heavy (non-hydrogen) atoms. The lowest BCUT2D eigenvalue weighted by Crippen LogP contribution is -2.70. The van der Waals surface area contributed by atoms with Gasteiger partial charge in [-0.15, -0.1) is 6.58 Å². The molecule has 4 aromatic carbocycles. The van der Waals surface area contributed by atoms with Crippen LogP contribution in [-0.4, -0.2) is 70.1 Å². The van der Waals surface area contributed by atoms with Crippen molar-refractivity contribution in [1.82, 2.24) is 4.90 Å². The molecule has 4 aromatic rings. The smallest absolute Gasteiger partial charge is 0.410 e. The minimum atomic E-state index is -1.58. The third kappa shape index (κ3) is 14.9. The third-order valence-electron chi connectivity index (χ3n) is 15.5. The summed E-state index contributed by atoms with van der Waals surface area (Å²) >= 11 is 0. The van der Waals surface area contributed by atoms with Gasteiger partial charge in [0.1, 0.15) is 35.7 Å². The summed E-state index contributed by atoms with van der Waals surface area (Å²) in [6.45, 7) is 10.8. The summed E-state index contributed by atoms with van der Waals surface area (Å²) in [7, 11) is 0. The molecule has 0 aromatic heterocycles. The number of hydrogen-bond acceptors (Lipinski definition) is 11. The number of rotatable bonds is 31. The van der Waals surface area contributed by atoms with Crippen molar-refractivity contribution in [1.29, 1.82) is 0 Å². The van der Waals surface area contributed by atoms with Crippen molar-refractivity contribution in [2.45, 2.75) is 161 Å². The maximum absolute atomic E-state index is 15.1. The maximum Gasteiger partial charge on any atom is 0.410 e. The molecule has 6 unspecified atom stereocenters. The summed E-state index contributed by atoms with van der Waals surface area (Å²) in [6.07, 6.45) is 19.0. The Morgan fingerprint density at radius 1 is 0.842 bits per heavy atom. The number of amides is 1. The van der Waals surface area contributed by atoms with Crippen molar-refractivity contribution in [2.24, 2.45) is 22.9 Å². The van der Waals surface area contributed by atoms with Crippen molar-refractivity contribution in [2.75, 3.05) is 26.4 Å². The number of carbonyl (C=O) groups excluding carboxylic acids is 1. The molecular weight excluding hydrogens is 966 g/mol. The molecule has 410 valence electrons. The fourth-order valence-corrected chi connectivity index (χ4v) is 11.4. The van der Waals surface area contributed by atoms with Gasteiger partial charge in [0.15, 0.2) is 0 Å². The second kappa shape index (κ2) is 28.9. The minimum Gasteiger partial charge on any atom is -0.459 e. The minimum absolute atomic E-state index is 0.00800. The standard InChI is InChI=1S/C62H80FN3O10/c1-5-7-8-9-10-11-12-13-14-19-37-72-61(69)65(42-46-23-27-49(63)28-24-46)58-41-56(64-74-43-47-25-29-50(30-26-47)66(70)71)54-39-48(20-15-17-34-67)53(21-16-18-35-68)59-55-40-52(75-51-31-22-44(3)45(4)38-51)32-33-57(55)76-62(58,60(54)59)73-36-6-2/h6,22-33,38-40,48,53,58-60,67-68H,2,5,7-21,34-37,41-43H2,1,3-4H3. The molecule has 1 aliphatic heterocycles. The van der Waals surface area contributed by atoms with Crippen LogP contribution in [0.4, 0.5) is 14.9 Å². The molecule has 1 saturated carbocycles. The fraction of sp³-hybridized carbons (Fsp3) is 0.516. The summed E-state index contributed by atoms with van der Waals surface area (Å²) in [5.74, 6) is -1.11. The van der Waals surface area contributed by atoms with Gasteiger partial charge in [0.25, 0.3) is 5.69 Å². The Hall–Kier alpha value is -6.09. The molecule has 1 amide bonds. The van der Waals surface area contributed by atoms with Crippen LogP contribution in [0.15, 0.2) is 114 Å². The summed E-state index contributed by atoms with van der Waals surface area (Å²) in [5, 5.41) is 36.6. The largest absolute Gasteiger partial charge is 0.459 e. The lowest BCUT2D eigenvalue weighted by molar-refractivity contribution is -0.384. The number of fused-ring (bicyclic) bond motifs is 2. The molecular formula is C62H80FN3O10. The van der Waals surface area contributed by atoms with Gasteiger partial charge < -0.3 is 34.0 Å². The first-order valence-corrected chi connectivity index (χ1v) is 27.9. The van der Waals surface area contributed by atoms with Crippen LogP contribution in [0.1, 0.15) is 150 Å². The van der Waals surface area contributed by atoms with Crippen LogP contribution in [0.5, 0.6) is 17.2 Å². The van der Waals surface area contributed by atoms with E-state index >= 15 is 4.79 Å². The van der Waals surface area contributed by atoms with E-state index in [0.29, 0.717) is 53.3 Å². The molecule has 0 bridgehead atoms. The zero-order valence-electron chi connectivity index (χ0n) is 45.0. The fourth-order valence-electron chi connectivity index (χ4n) is 11.4. The van der Waals surface area contributed by atoms with Crippen molar-refractivity contribution in [3.63, 3.8) is 0 Å². The molecule has 0 saturated heterocycles. The average molecular weight is 1050 g/mol. The molecule has 1 heterocycles. The van der Waals surface area contributed by atoms with E-state index in [0.717, 1.165) is 67.2 Å². The predicted octanol–water partition coefficient (Wildman–Crippen LogP) is 14.5. The van der Waals surface area contributed by atoms with Gasteiger partial charge in [-0.1, -0.05) is 113 Å². The number of carbonyl (C=O) groups is 1. The first-order valence-electron chi connectivity index (χ1n) is 27.9. The van der Waals surface area contributed by atoms with E-state index in [1.54, 1.807) is 35.2 Å². The third-order valence-corrected chi connectivity index (χ3v) is 15.5. The van der Waals surface area contributed by atoms with Crippen LogP contribution in [0, 0.1) is 47.5 Å². The second-order valence-corrected chi connectivity index (χ2v) is 20.9. The number of unbranched alkanes of at least 4 members (excludes halogenated alkanes) is 11. The van der Waals surface area contributed by atoms with Gasteiger partial charge in [0, 0.05) is 49.8 Å². The van der Waals surface area contributed by atoms with E-state index in [4.69, 9.17) is 28.9 Å². The van der Waals surface area contributed by atoms with E-state index in [1.165, 1.54) is 62.8 Å². The molecule has 6 atom stereocenters. The highest BCUT2D eigenvalue weighted by Crippen LogP contribution is 2.62. The Morgan fingerprint density at radius 2 is 1.50 bits per heavy atom. The number of aliphatic hydroxyl groups is 2. The molecule has 7 rings (SSSR count). The Kier molecular flexibility index (Phi) is 21.9. The SMILES string of the molecule is C=CCOC12Oc3ccc(Oc4ccc(C)c(C)c4)cc3C3C(CCCCO)C(CCCCO)C=C(C(=NOCc4ccc([N+](=O)[O-])cc4)CC1N(Cc1ccc(F)cc1)C(=O)OCCCCCCCCCCCC)C32. The lowest BCUT2D eigenvalue weighted by atomic mass is 9.55. The Morgan fingerprint density at radius 3 is 2.17 bits per heavy atom. The van der Waals surface area contributed by atoms with Crippen molar-refractivity contribution >= 4 is 17.5 Å². The summed E-state index contributed by atoms with van der Waals surface area (Å²) in [6, 6.07) is 23.2. The average Bonchev–Trinajstić information content (AvgIpc) is 3.62. The number of benzene rings is 4. The Balaban J connectivity index is 1.35. The highest BCUT2D eigenvalue weighted by molar-refractivity contribution is 6.03. The van der Waals surface area contributed by atoms with E-state index in [1.807, 2.05) is 30.3 Å². The van der Waals surface area contributed by atoms with Gasteiger partial charge in [0.05, 0.1) is 29.8 Å². The maximum atomic E-state index is 15.1. The van der Waals surface area contributed by atoms with Crippen molar-refractivity contribution in [3.8, 4) is 17.2 Å². The first kappa shape index (κ1) is 57.6. The molecule has 3 aliphatic rings. The number of nitrogens with zero attached hydrogens (tertiary/aromatic N) is 3. The molecule has 0 spiro atoms. The topological polar surface area (TPSA) is 162 Å². The number of aryl methyl sites for hydroxylation is 2. The number of nitro groups is 1. The number of hydrogen-bond donors (Lipinski definition) is 2. The first-order chi connectivity index (χ1) is 37.0. The monoisotopic (exact) mass is 1050 g/mol. The number of allylic oxidation sites excluding steroid dienone is 1. The van der Waals surface area contributed by atoms with Crippen molar-refractivity contribution in [3.05, 3.63) is 153 Å².